The van der Waals surface area contributed by atoms with Gasteiger partial charge in [-0.15, -0.1) is 0 Å². The van der Waals surface area contributed by atoms with Crippen LogP contribution < -0.4 is 0 Å². The summed E-state index contributed by atoms with van der Waals surface area (Å²) in [6.07, 6.45) is 31.4. The molecule has 0 heterocycles. The third kappa shape index (κ3) is 34.7. The second-order valence-electron chi connectivity index (χ2n) is 13.0. The Balaban J connectivity index is 4.38. The first-order valence-electron chi connectivity index (χ1n) is 19.3. The van der Waals surface area contributed by atoms with Gasteiger partial charge in [0.15, 0.2) is 6.10 Å². The molecule has 3 atom stereocenters. The summed E-state index contributed by atoms with van der Waals surface area (Å²) in [5.41, 5.74) is 0. The number of allylic oxidation sites excluding steroid dienone is 4. The van der Waals surface area contributed by atoms with Gasteiger partial charge < -0.3 is 24.6 Å². The summed E-state index contributed by atoms with van der Waals surface area (Å²) >= 11 is 0. The van der Waals surface area contributed by atoms with Crippen LogP contribution in [0.3, 0.4) is 0 Å². The minimum absolute atomic E-state index is 0.184. The Bertz CT molecular complexity index is 879. The predicted molar refractivity (Wildman–Crippen MR) is 196 cm³/mol. The monoisotopic (exact) mass is 718 g/mol. The summed E-state index contributed by atoms with van der Waals surface area (Å²) in [5, 5.41) is 18.3. The second-order valence-corrected chi connectivity index (χ2v) is 14.4. The number of esters is 2. The van der Waals surface area contributed by atoms with Crippen LogP contribution in [0.1, 0.15) is 168 Å². The van der Waals surface area contributed by atoms with Crippen molar-refractivity contribution in [3.8, 4) is 0 Å². The van der Waals surface area contributed by atoms with Gasteiger partial charge in [-0.25, -0.2) is 4.57 Å². The van der Waals surface area contributed by atoms with E-state index >= 15 is 0 Å². The van der Waals surface area contributed by atoms with Crippen molar-refractivity contribution < 1.29 is 47.8 Å². The summed E-state index contributed by atoms with van der Waals surface area (Å²) in [4.78, 5) is 34.8. The summed E-state index contributed by atoms with van der Waals surface area (Å²) < 4.78 is 32.6. The Labute approximate surface area is 298 Å². The fourth-order valence-corrected chi connectivity index (χ4v) is 5.86. The molecule has 0 saturated carbocycles. The molecule has 0 bridgehead atoms. The molecule has 0 aliphatic rings. The fraction of sp³-hybridized carbons (Fsp3) is 0.842. The first-order chi connectivity index (χ1) is 23.7. The summed E-state index contributed by atoms with van der Waals surface area (Å²) in [6.45, 7) is 2.31. The normalized spacial score (nSPS) is 14.3. The molecular weight excluding hydrogens is 647 g/mol. The van der Waals surface area contributed by atoms with Gasteiger partial charge in [0.25, 0.3) is 0 Å². The highest BCUT2D eigenvalue weighted by Gasteiger charge is 2.27. The molecule has 3 N–H and O–H groups in total. The lowest BCUT2D eigenvalue weighted by Crippen LogP contribution is -2.29. The number of phosphoric acid groups is 1. The molecule has 0 aromatic rings. The van der Waals surface area contributed by atoms with Crippen molar-refractivity contribution >= 4 is 19.8 Å². The molecule has 10 nitrogen and oxygen atoms in total. The highest BCUT2D eigenvalue weighted by Crippen LogP contribution is 2.43. The topological polar surface area (TPSA) is 149 Å². The molecule has 11 heteroatoms. The quantitative estimate of drug-likeness (QED) is 0.0248. The van der Waals surface area contributed by atoms with Gasteiger partial charge >= 0.3 is 19.8 Å². The Hall–Kier alpha value is -1.55. The number of carbonyl (C=O) groups is 2. The average Bonchev–Trinajstić information content (AvgIpc) is 3.09. The predicted octanol–water partition coefficient (Wildman–Crippen LogP) is 9.44. The van der Waals surface area contributed by atoms with Crippen molar-refractivity contribution in [1.82, 2.24) is 0 Å². The number of carbonyl (C=O) groups excluding carboxylic acids is 2. The first kappa shape index (κ1) is 47.4. The smallest absolute Gasteiger partial charge is 0.462 e. The number of hydrogen-bond donors (Lipinski definition) is 3. The number of hydrogen-bond acceptors (Lipinski definition) is 9. The maximum atomic E-state index is 12.5. The van der Waals surface area contributed by atoms with Gasteiger partial charge in [-0.2, -0.15) is 0 Å². The van der Waals surface area contributed by atoms with E-state index < -0.39 is 51.8 Å². The lowest BCUT2D eigenvalue weighted by atomic mass is 10.0. The Kier molecular flexibility index (Phi) is 33.8. The summed E-state index contributed by atoms with van der Waals surface area (Å²) in [7, 11) is -4.61. The standard InChI is InChI=1S/C38H71O10P/c1-3-5-7-9-11-13-15-17-18-20-21-23-25-27-29-37(41)45-33-36(34-47-49(43,44)46-32-35(40)31-39)48-38(42)30-28-26-24-22-19-16-14-12-10-8-6-4-2/h9,11,15,17,35-36,39-40H,3-8,10,12-14,16,18-34H2,1-2H3,(H,43,44)/b11-9-,17-15-/t35-,36+/m0/s1. The number of aliphatic hydroxyl groups is 2. The van der Waals surface area contributed by atoms with E-state index in [0.717, 1.165) is 64.2 Å². The van der Waals surface area contributed by atoms with Gasteiger partial charge in [-0.05, 0) is 38.5 Å². The molecule has 0 rings (SSSR count). The van der Waals surface area contributed by atoms with Crippen LogP contribution in [0.2, 0.25) is 0 Å². The van der Waals surface area contributed by atoms with Crippen LogP contribution in [-0.4, -0.2) is 65.7 Å². The first-order valence-corrected chi connectivity index (χ1v) is 20.8. The van der Waals surface area contributed by atoms with Crippen molar-refractivity contribution in [2.24, 2.45) is 0 Å². The van der Waals surface area contributed by atoms with E-state index in [1.807, 2.05) is 0 Å². The molecule has 0 saturated heterocycles. The lowest BCUT2D eigenvalue weighted by molar-refractivity contribution is -0.161. The van der Waals surface area contributed by atoms with E-state index in [4.69, 9.17) is 19.1 Å². The van der Waals surface area contributed by atoms with Crippen LogP contribution in [0, 0.1) is 0 Å². The molecule has 0 spiro atoms. The van der Waals surface area contributed by atoms with Gasteiger partial charge in [0.05, 0.1) is 19.8 Å². The summed E-state index contributed by atoms with van der Waals surface area (Å²) in [6, 6.07) is 0. The average molecular weight is 719 g/mol. The molecule has 49 heavy (non-hydrogen) atoms. The van der Waals surface area contributed by atoms with Gasteiger partial charge in [0, 0.05) is 12.8 Å². The van der Waals surface area contributed by atoms with Gasteiger partial charge in [0.1, 0.15) is 12.7 Å². The third-order valence-electron chi connectivity index (χ3n) is 8.11. The van der Waals surface area contributed by atoms with E-state index in [2.05, 4.69) is 42.7 Å². The van der Waals surface area contributed by atoms with E-state index in [9.17, 15) is 24.2 Å². The van der Waals surface area contributed by atoms with Crippen LogP contribution in [0.25, 0.3) is 0 Å². The minimum atomic E-state index is -4.61. The molecule has 0 aliphatic heterocycles. The van der Waals surface area contributed by atoms with Crippen molar-refractivity contribution in [3.63, 3.8) is 0 Å². The molecule has 1 unspecified atom stereocenters. The van der Waals surface area contributed by atoms with E-state index in [-0.39, 0.29) is 19.4 Å². The van der Waals surface area contributed by atoms with Gasteiger partial charge in [-0.3, -0.25) is 18.6 Å². The van der Waals surface area contributed by atoms with E-state index in [0.29, 0.717) is 12.8 Å². The van der Waals surface area contributed by atoms with E-state index in [1.54, 1.807) is 0 Å². The van der Waals surface area contributed by atoms with Crippen LogP contribution in [-0.2, 0) is 32.7 Å². The highest BCUT2D eigenvalue weighted by atomic mass is 31.2. The number of phosphoric ester groups is 1. The third-order valence-corrected chi connectivity index (χ3v) is 9.06. The number of ether oxygens (including phenoxy) is 2. The number of unbranched alkanes of at least 4 members (excludes halogenated alkanes) is 18. The molecule has 0 fully saturated rings. The van der Waals surface area contributed by atoms with Crippen molar-refractivity contribution in [1.29, 1.82) is 0 Å². The zero-order valence-electron chi connectivity index (χ0n) is 30.9. The molecule has 0 radical (unpaired) electrons. The Morgan fingerprint density at radius 1 is 0.612 bits per heavy atom. The SMILES string of the molecule is CCCC/C=C\C/C=C\CCCCCCCC(=O)OC[C@H](COP(=O)(O)OC[C@@H](O)CO)OC(=O)CCCCCCCCCCCCCC. The second kappa shape index (κ2) is 34.9. The maximum Gasteiger partial charge on any atom is 0.472 e. The van der Waals surface area contributed by atoms with Crippen molar-refractivity contribution in [3.05, 3.63) is 24.3 Å². The van der Waals surface area contributed by atoms with Gasteiger partial charge in [-0.1, -0.05) is 141 Å². The lowest BCUT2D eigenvalue weighted by Gasteiger charge is -2.20. The Morgan fingerprint density at radius 3 is 1.63 bits per heavy atom. The maximum absolute atomic E-state index is 12.5. The molecule has 0 amide bonds. The van der Waals surface area contributed by atoms with Crippen molar-refractivity contribution in [2.75, 3.05) is 26.4 Å². The summed E-state index contributed by atoms with van der Waals surface area (Å²) in [5.74, 6) is -0.939. The van der Waals surface area contributed by atoms with Crippen molar-refractivity contribution in [2.45, 2.75) is 180 Å². The molecule has 0 aromatic heterocycles. The molecular formula is C38H71O10P. The fourth-order valence-electron chi connectivity index (χ4n) is 5.07. The highest BCUT2D eigenvalue weighted by molar-refractivity contribution is 7.47. The largest absolute Gasteiger partial charge is 0.472 e. The zero-order valence-corrected chi connectivity index (χ0v) is 31.8. The number of rotatable bonds is 36. The van der Waals surface area contributed by atoms with Gasteiger partial charge in [0.2, 0.25) is 0 Å². The van der Waals surface area contributed by atoms with Crippen LogP contribution in [0.15, 0.2) is 24.3 Å². The molecule has 288 valence electrons. The zero-order chi connectivity index (χ0) is 36.3. The minimum Gasteiger partial charge on any atom is -0.462 e. The van der Waals surface area contributed by atoms with E-state index in [1.165, 1.54) is 64.2 Å². The Morgan fingerprint density at radius 2 is 1.08 bits per heavy atom. The molecule has 0 aliphatic carbocycles. The van der Waals surface area contributed by atoms with Crippen LogP contribution in [0.4, 0.5) is 0 Å². The van der Waals surface area contributed by atoms with Crippen LogP contribution >= 0.6 is 7.82 Å². The van der Waals surface area contributed by atoms with Crippen LogP contribution in [0.5, 0.6) is 0 Å². The number of aliphatic hydroxyl groups excluding tert-OH is 2. The molecule has 0 aromatic carbocycles.